The second kappa shape index (κ2) is 5.55. The molecule has 1 unspecified atom stereocenters. The third kappa shape index (κ3) is 3.04. The van der Waals surface area contributed by atoms with Crippen LogP contribution in [0.5, 0.6) is 0 Å². The SMILES string of the molecule is Cc1nc(C(C)Nc2cc(N3CCCC3)nc(N)n2)n[nH]1. The van der Waals surface area contributed by atoms with Crippen molar-refractivity contribution < 1.29 is 0 Å². The second-order valence-corrected chi connectivity index (χ2v) is 5.31. The Morgan fingerprint density at radius 2 is 2.05 bits per heavy atom. The molecule has 8 heteroatoms. The van der Waals surface area contributed by atoms with Crippen molar-refractivity contribution >= 4 is 17.6 Å². The second-order valence-electron chi connectivity index (χ2n) is 5.31. The first-order valence-electron chi connectivity index (χ1n) is 7.17. The largest absolute Gasteiger partial charge is 0.368 e. The first-order valence-corrected chi connectivity index (χ1v) is 7.17. The zero-order valence-corrected chi connectivity index (χ0v) is 12.3. The van der Waals surface area contributed by atoms with Gasteiger partial charge in [0, 0.05) is 19.2 Å². The molecule has 1 saturated heterocycles. The molecule has 3 rings (SSSR count). The molecule has 1 aliphatic heterocycles. The Bertz CT molecular complexity index is 616. The Morgan fingerprint density at radius 1 is 1.29 bits per heavy atom. The molecule has 3 heterocycles. The lowest BCUT2D eigenvalue weighted by atomic mass is 10.3. The van der Waals surface area contributed by atoms with E-state index in [9.17, 15) is 0 Å². The molecule has 1 fully saturated rings. The minimum absolute atomic E-state index is 0.0596. The van der Waals surface area contributed by atoms with Crippen molar-refractivity contribution in [2.75, 3.05) is 29.0 Å². The summed E-state index contributed by atoms with van der Waals surface area (Å²) >= 11 is 0. The maximum atomic E-state index is 5.82. The number of hydrogen-bond donors (Lipinski definition) is 3. The van der Waals surface area contributed by atoms with Crippen LogP contribution in [0.25, 0.3) is 0 Å². The summed E-state index contributed by atoms with van der Waals surface area (Å²) in [5.41, 5.74) is 5.82. The van der Waals surface area contributed by atoms with E-state index in [1.54, 1.807) is 0 Å². The zero-order chi connectivity index (χ0) is 14.8. The molecule has 1 atom stereocenters. The van der Waals surface area contributed by atoms with Crippen LogP contribution in [0.3, 0.4) is 0 Å². The number of aromatic nitrogens is 5. The van der Waals surface area contributed by atoms with Crippen molar-refractivity contribution in [1.82, 2.24) is 25.1 Å². The first-order chi connectivity index (χ1) is 10.1. The summed E-state index contributed by atoms with van der Waals surface area (Å²) in [6.45, 7) is 5.89. The molecule has 2 aromatic rings. The number of aryl methyl sites for hydroxylation is 1. The van der Waals surface area contributed by atoms with Crippen LogP contribution in [0, 0.1) is 6.92 Å². The van der Waals surface area contributed by atoms with E-state index in [-0.39, 0.29) is 12.0 Å². The molecule has 2 aromatic heterocycles. The molecule has 21 heavy (non-hydrogen) atoms. The van der Waals surface area contributed by atoms with E-state index in [0.29, 0.717) is 11.6 Å². The van der Waals surface area contributed by atoms with Crippen LogP contribution in [-0.2, 0) is 0 Å². The van der Waals surface area contributed by atoms with Gasteiger partial charge in [0.05, 0.1) is 6.04 Å². The number of hydrogen-bond acceptors (Lipinski definition) is 7. The Labute approximate surface area is 123 Å². The summed E-state index contributed by atoms with van der Waals surface area (Å²) in [5.74, 6) is 3.34. The highest BCUT2D eigenvalue weighted by atomic mass is 15.3. The quantitative estimate of drug-likeness (QED) is 0.777. The van der Waals surface area contributed by atoms with E-state index in [2.05, 4.69) is 35.4 Å². The van der Waals surface area contributed by atoms with Gasteiger partial charge in [-0.1, -0.05) is 0 Å². The molecule has 0 radical (unpaired) electrons. The summed E-state index contributed by atoms with van der Waals surface area (Å²) in [4.78, 5) is 15.1. The minimum atomic E-state index is -0.0596. The molecule has 0 saturated carbocycles. The average Bonchev–Trinajstić information content (AvgIpc) is 3.08. The maximum Gasteiger partial charge on any atom is 0.223 e. The fourth-order valence-corrected chi connectivity index (χ4v) is 2.47. The average molecular weight is 288 g/mol. The standard InChI is InChI=1S/C13H20N8/c1-8(12-16-9(2)19-20-12)15-10-7-11(18-13(14)17-10)21-5-3-4-6-21/h7-8H,3-6H2,1-2H3,(H,16,19,20)(H3,14,15,17,18). The van der Waals surface area contributed by atoms with Crippen molar-refractivity contribution in [2.45, 2.75) is 32.7 Å². The highest BCUT2D eigenvalue weighted by molar-refractivity contribution is 5.53. The van der Waals surface area contributed by atoms with Gasteiger partial charge in [0.25, 0.3) is 0 Å². The van der Waals surface area contributed by atoms with Crippen LogP contribution in [0.4, 0.5) is 17.6 Å². The zero-order valence-electron chi connectivity index (χ0n) is 12.3. The number of rotatable bonds is 4. The molecule has 0 amide bonds. The summed E-state index contributed by atoms with van der Waals surface area (Å²) in [7, 11) is 0. The van der Waals surface area contributed by atoms with Crippen LogP contribution in [0.2, 0.25) is 0 Å². The number of nitrogens with two attached hydrogens (primary N) is 1. The van der Waals surface area contributed by atoms with Crippen LogP contribution < -0.4 is 16.0 Å². The summed E-state index contributed by atoms with van der Waals surface area (Å²) in [6, 6.07) is 1.87. The normalized spacial score (nSPS) is 16.2. The molecule has 112 valence electrons. The Morgan fingerprint density at radius 3 is 2.71 bits per heavy atom. The van der Waals surface area contributed by atoms with E-state index >= 15 is 0 Å². The van der Waals surface area contributed by atoms with E-state index in [1.807, 2.05) is 19.9 Å². The summed E-state index contributed by atoms with van der Waals surface area (Å²) in [5, 5.41) is 10.3. The summed E-state index contributed by atoms with van der Waals surface area (Å²) < 4.78 is 0. The lowest BCUT2D eigenvalue weighted by molar-refractivity contribution is 0.788. The number of H-pyrrole nitrogens is 1. The molecule has 8 nitrogen and oxygen atoms in total. The number of nitrogens with zero attached hydrogens (tertiary/aromatic N) is 5. The van der Waals surface area contributed by atoms with Crippen molar-refractivity contribution in [2.24, 2.45) is 0 Å². The number of nitrogen functional groups attached to an aromatic ring is 1. The van der Waals surface area contributed by atoms with Crippen molar-refractivity contribution in [3.05, 3.63) is 17.7 Å². The Balaban J connectivity index is 1.78. The molecule has 0 spiro atoms. The van der Waals surface area contributed by atoms with E-state index in [1.165, 1.54) is 12.8 Å². The van der Waals surface area contributed by atoms with Gasteiger partial charge in [0.1, 0.15) is 17.5 Å². The van der Waals surface area contributed by atoms with Gasteiger partial charge in [-0.25, -0.2) is 4.98 Å². The third-order valence-corrected chi connectivity index (χ3v) is 3.53. The van der Waals surface area contributed by atoms with E-state index < -0.39 is 0 Å². The van der Waals surface area contributed by atoms with Gasteiger partial charge < -0.3 is 16.0 Å². The third-order valence-electron chi connectivity index (χ3n) is 3.53. The van der Waals surface area contributed by atoms with Crippen molar-refractivity contribution in [3.8, 4) is 0 Å². The fourth-order valence-electron chi connectivity index (χ4n) is 2.47. The van der Waals surface area contributed by atoms with E-state index in [4.69, 9.17) is 5.73 Å². The van der Waals surface area contributed by atoms with Gasteiger partial charge in [0.2, 0.25) is 5.95 Å². The molecular formula is C13H20N8. The monoisotopic (exact) mass is 288 g/mol. The molecule has 0 aromatic carbocycles. The highest BCUT2D eigenvalue weighted by Crippen LogP contribution is 2.23. The fraction of sp³-hybridized carbons (Fsp3) is 0.538. The number of nitrogens with one attached hydrogen (secondary N) is 2. The highest BCUT2D eigenvalue weighted by Gasteiger charge is 2.17. The number of anilines is 3. The minimum Gasteiger partial charge on any atom is -0.368 e. The lowest BCUT2D eigenvalue weighted by Crippen LogP contribution is -2.20. The smallest absolute Gasteiger partial charge is 0.223 e. The van der Waals surface area contributed by atoms with Crippen LogP contribution in [-0.4, -0.2) is 38.2 Å². The van der Waals surface area contributed by atoms with Gasteiger partial charge >= 0.3 is 0 Å². The summed E-state index contributed by atoms with van der Waals surface area (Å²) in [6.07, 6.45) is 2.39. The lowest BCUT2D eigenvalue weighted by Gasteiger charge is -2.18. The maximum absolute atomic E-state index is 5.82. The molecule has 0 bridgehead atoms. The van der Waals surface area contributed by atoms with Gasteiger partial charge in [-0.05, 0) is 26.7 Å². The van der Waals surface area contributed by atoms with Crippen LogP contribution in [0.1, 0.15) is 37.5 Å². The molecule has 1 aliphatic rings. The predicted octanol–water partition coefficient (Wildman–Crippen LogP) is 1.26. The first kappa shape index (κ1) is 13.6. The van der Waals surface area contributed by atoms with Crippen LogP contribution >= 0.6 is 0 Å². The van der Waals surface area contributed by atoms with Gasteiger partial charge in [-0.15, -0.1) is 0 Å². The number of aromatic amines is 1. The molecule has 0 aliphatic carbocycles. The molecular weight excluding hydrogens is 268 g/mol. The Kier molecular flexibility index (Phi) is 3.59. The van der Waals surface area contributed by atoms with Crippen molar-refractivity contribution in [1.29, 1.82) is 0 Å². The predicted molar refractivity (Wildman–Crippen MR) is 81.0 cm³/mol. The van der Waals surface area contributed by atoms with E-state index in [0.717, 1.165) is 24.7 Å². The van der Waals surface area contributed by atoms with Crippen LogP contribution in [0.15, 0.2) is 6.07 Å². The van der Waals surface area contributed by atoms with Gasteiger partial charge in [-0.3, -0.25) is 5.10 Å². The Hall–Kier alpha value is -2.38. The van der Waals surface area contributed by atoms with Gasteiger partial charge in [0.15, 0.2) is 5.82 Å². The van der Waals surface area contributed by atoms with Gasteiger partial charge in [-0.2, -0.15) is 15.1 Å². The molecule has 4 N–H and O–H groups in total. The topological polar surface area (TPSA) is 109 Å². The van der Waals surface area contributed by atoms with Crippen molar-refractivity contribution in [3.63, 3.8) is 0 Å².